The summed E-state index contributed by atoms with van der Waals surface area (Å²) in [5, 5.41) is 7.87. The monoisotopic (exact) mass is 554 g/mol. The number of likely N-dealkylation sites (N-methyl/N-ethyl adjacent to an activating group) is 1. The second-order valence-corrected chi connectivity index (χ2v) is 8.07. The Morgan fingerprint density at radius 1 is 1.05 bits per heavy atom. The van der Waals surface area contributed by atoms with E-state index in [0.717, 1.165) is 11.0 Å². The van der Waals surface area contributed by atoms with Gasteiger partial charge in [0.1, 0.15) is 5.82 Å². The Labute approximate surface area is 218 Å². The topological polar surface area (TPSA) is 99.3 Å². The van der Waals surface area contributed by atoms with Crippen LogP contribution in [0.25, 0.3) is 0 Å². The van der Waals surface area contributed by atoms with Crippen LogP contribution in [0.1, 0.15) is 16.8 Å². The number of nitrogens with one attached hydrogen (secondary N) is 3. The molecule has 3 N–H and O–H groups in total. The minimum Gasteiger partial charge on any atom is -0.354 e. The van der Waals surface area contributed by atoms with Crippen LogP contribution in [-0.4, -0.2) is 41.9 Å². The second-order valence-electron chi connectivity index (χ2n) is 7.67. The SMILES string of the molecule is C=CC(=O)N(C)c1cc(Nc2ccnc(NCCCNC(=O)c3cc(F)c(F)c(F)c3F)n2)cc(Cl)c1F. The van der Waals surface area contributed by atoms with Crippen molar-refractivity contribution < 1.29 is 31.5 Å². The van der Waals surface area contributed by atoms with Crippen molar-refractivity contribution in [2.45, 2.75) is 6.42 Å². The van der Waals surface area contributed by atoms with E-state index in [1.807, 2.05) is 0 Å². The Bertz CT molecular complexity index is 1390. The number of hydrogen-bond acceptors (Lipinski definition) is 6. The van der Waals surface area contributed by atoms with Crippen LogP contribution in [-0.2, 0) is 4.79 Å². The van der Waals surface area contributed by atoms with E-state index in [-0.39, 0.29) is 42.2 Å². The van der Waals surface area contributed by atoms with E-state index < -0.39 is 46.5 Å². The third-order valence-corrected chi connectivity index (χ3v) is 5.35. The Balaban J connectivity index is 1.57. The van der Waals surface area contributed by atoms with Gasteiger partial charge in [0.2, 0.25) is 11.9 Å². The van der Waals surface area contributed by atoms with Gasteiger partial charge in [0, 0.05) is 32.0 Å². The van der Waals surface area contributed by atoms with Crippen LogP contribution in [0.2, 0.25) is 5.02 Å². The molecule has 8 nitrogen and oxygen atoms in total. The summed E-state index contributed by atoms with van der Waals surface area (Å²) in [4.78, 5) is 33.2. The first-order valence-corrected chi connectivity index (χ1v) is 11.3. The molecule has 0 saturated heterocycles. The lowest BCUT2D eigenvalue weighted by Crippen LogP contribution is -2.27. The Hall–Kier alpha value is -4.26. The molecule has 1 heterocycles. The van der Waals surface area contributed by atoms with Gasteiger partial charge in [0.15, 0.2) is 29.1 Å². The molecule has 2 aromatic carbocycles. The number of aromatic nitrogens is 2. The quantitative estimate of drug-likeness (QED) is 0.108. The van der Waals surface area contributed by atoms with E-state index in [9.17, 15) is 31.5 Å². The predicted molar refractivity (Wildman–Crippen MR) is 132 cm³/mol. The average molecular weight is 555 g/mol. The Kier molecular flexibility index (Phi) is 9.18. The Morgan fingerprint density at radius 2 is 1.79 bits per heavy atom. The molecule has 3 aromatic rings. The van der Waals surface area contributed by atoms with Crippen LogP contribution in [0.5, 0.6) is 0 Å². The lowest BCUT2D eigenvalue weighted by atomic mass is 10.1. The summed E-state index contributed by atoms with van der Waals surface area (Å²) < 4.78 is 67.8. The minimum atomic E-state index is -2.07. The maximum absolute atomic E-state index is 14.4. The van der Waals surface area contributed by atoms with Gasteiger partial charge in [-0.05, 0) is 36.8 Å². The number of amides is 2. The van der Waals surface area contributed by atoms with Crippen molar-refractivity contribution >= 4 is 46.6 Å². The highest BCUT2D eigenvalue weighted by Crippen LogP contribution is 2.31. The molecule has 0 aliphatic rings. The summed E-state index contributed by atoms with van der Waals surface area (Å²) in [6.07, 6.45) is 2.74. The molecular formula is C24H20ClF5N6O2. The molecule has 0 spiro atoms. The van der Waals surface area contributed by atoms with Crippen molar-refractivity contribution in [3.8, 4) is 0 Å². The molecule has 14 heteroatoms. The molecular weight excluding hydrogens is 535 g/mol. The van der Waals surface area contributed by atoms with Crippen LogP contribution in [0.3, 0.4) is 0 Å². The molecule has 0 unspecified atom stereocenters. The number of benzene rings is 2. The van der Waals surface area contributed by atoms with Crippen LogP contribution in [0.15, 0.2) is 43.1 Å². The smallest absolute Gasteiger partial charge is 0.254 e. The van der Waals surface area contributed by atoms with Crippen LogP contribution in [0.4, 0.5) is 45.1 Å². The fourth-order valence-electron chi connectivity index (χ4n) is 3.13. The van der Waals surface area contributed by atoms with Crippen molar-refractivity contribution in [1.29, 1.82) is 0 Å². The number of hydrogen-bond donors (Lipinski definition) is 3. The second kappa shape index (κ2) is 12.3. The highest BCUT2D eigenvalue weighted by atomic mass is 35.5. The fourth-order valence-corrected chi connectivity index (χ4v) is 3.35. The zero-order valence-electron chi connectivity index (χ0n) is 19.7. The number of halogens is 6. The van der Waals surface area contributed by atoms with E-state index in [1.54, 1.807) is 0 Å². The number of anilines is 4. The predicted octanol–water partition coefficient (Wildman–Crippen LogP) is 4.95. The first-order valence-electron chi connectivity index (χ1n) is 10.9. The van der Waals surface area contributed by atoms with Gasteiger partial charge in [-0.15, -0.1) is 0 Å². The standard InChI is InChI=1S/C24H20ClF5N6O2/c1-3-18(37)36(2)16-10-12(9-14(25)20(16)28)34-17-5-8-33-24(35-17)32-7-4-6-31-23(38)13-11-15(26)21(29)22(30)19(13)27/h3,5,8-11H,1,4,6-7H2,2H3,(H,31,38)(H2,32,33,34,35). The third kappa shape index (κ3) is 6.54. The molecule has 0 radical (unpaired) electrons. The normalized spacial score (nSPS) is 10.6. The van der Waals surface area contributed by atoms with Crippen molar-refractivity contribution in [3.05, 3.63) is 82.8 Å². The number of carbonyl (C=O) groups is 2. The summed E-state index contributed by atoms with van der Waals surface area (Å²) in [7, 11) is 1.37. The van der Waals surface area contributed by atoms with Crippen LogP contribution >= 0.6 is 11.6 Å². The van der Waals surface area contributed by atoms with Crippen molar-refractivity contribution in [2.24, 2.45) is 0 Å². The van der Waals surface area contributed by atoms with Gasteiger partial charge < -0.3 is 20.9 Å². The van der Waals surface area contributed by atoms with Crippen molar-refractivity contribution in [2.75, 3.05) is 35.7 Å². The van der Waals surface area contributed by atoms with Gasteiger partial charge >= 0.3 is 0 Å². The first-order chi connectivity index (χ1) is 18.0. The van der Waals surface area contributed by atoms with E-state index in [0.29, 0.717) is 11.5 Å². The molecule has 0 fully saturated rings. The van der Waals surface area contributed by atoms with Crippen molar-refractivity contribution in [3.63, 3.8) is 0 Å². The van der Waals surface area contributed by atoms with Crippen LogP contribution < -0.4 is 20.9 Å². The molecule has 0 aliphatic heterocycles. The molecule has 0 atom stereocenters. The molecule has 0 aliphatic carbocycles. The van der Waals surface area contributed by atoms with E-state index in [1.165, 1.54) is 31.4 Å². The van der Waals surface area contributed by atoms with Gasteiger partial charge in [-0.1, -0.05) is 18.2 Å². The van der Waals surface area contributed by atoms with Crippen molar-refractivity contribution in [1.82, 2.24) is 15.3 Å². The van der Waals surface area contributed by atoms with Gasteiger partial charge in [-0.2, -0.15) is 4.98 Å². The van der Waals surface area contributed by atoms with Gasteiger partial charge in [0.25, 0.3) is 5.91 Å². The fraction of sp³-hybridized carbons (Fsp3) is 0.167. The number of rotatable bonds is 10. The summed E-state index contributed by atoms with van der Waals surface area (Å²) in [6, 6.07) is 4.48. The maximum Gasteiger partial charge on any atom is 0.254 e. The van der Waals surface area contributed by atoms with E-state index in [4.69, 9.17) is 11.6 Å². The number of nitrogens with zero attached hydrogens (tertiary/aromatic N) is 3. The van der Waals surface area contributed by atoms with E-state index in [2.05, 4.69) is 32.5 Å². The van der Waals surface area contributed by atoms with Gasteiger partial charge in [-0.3, -0.25) is 9.59 Å². The lowest BCUT2D eigenvalue weighted by molar-refractivity contribution is -0.113. The lowest BCUT2D eigenvalue weighted by Gasteiger charge is -2.18. The molecule has 200 valence electrons. The minimum absolute atomic E-state index is 0.0162. The average Bonchev–Trinajstić information content (AvgIpc) is 2.90. The summed E-state index contributed by atoms with van der Waals surface area (Å²) in [5.41, 5.74) is -0.700. The third-order valence-electron chi connectivity index (χ3n) is 5.07. The molecule has 0 bridgehead atoms. The highest BCUT2D eigenvalue weighted by Gasteiger charge is 2.22. The summed E-state index contributed by atoms with van der Waals surface area (Å²) in [6.45, 7) is 3.59. The zero-order chi connectivity index (χ0) is 28.0. The Morgan fingerprint density at radius 3 is 2.50 bits per heavy atom. The molecule has 3 rings (SSSR count). The van der Waals surface area contributed by atoms with E-state index >= 15 is 0 Å². The van der Waals surface area contributed by atoms with Gasteiger partial charge in [0.05, 0.1) is 16.3 Å². The molecule has 2 amide bonds. The largest absolute Gasteiger partial charge is 0.354 e. The number of carbonyl (C=O) groups excluding carboxylic acids is 2. The molecule has 0 saturated carbocycles. The maximum atomic E-state index is 14.4. The zero-order valence-corrected chi connectivity index (χ0v) is 20.5. The molecule has 1 aromatic heterocycles. The highest BCUT2D eigenvalue weighted by molar-refractivity contribution is 6.31. The summed E-state index contributed by atoms with van der Waals surface area (Å²) >= 11 is 5.97. The van der Waals surface area contributed by atoms with Gasteiger partial charge in [-0.25, -0.2) is 26.9 Å². The summed E-state index contributed by atoms with van der Waals surface area (Å²) in [5.74, 6) is -9.49. The first kappa shape index (κ1) is 28.3. The molecule has 38 heavy (non-hydrogen) atoms. The van der Waals surface area contributed by atoms with Crippen LogP contribution in [0, 0.1) is 29.1 Å².